The molecule has 2 saturated heterocycles. The number of carbonyl (C=O) groups excluding carboxylic acids is 2. The molecule has 0 bridgehead atoms. The summed E-state index contributed by atoms with van der Waals surface area (Å²) >= 11 is 0. The van der Waals surface area contributed by atoms with Crippen LogP contribution in [0.1, 0.15) is 34.5 Å². The molecule has 8 heteroatoms. The third-order valence-corrected chi connectivity index (χ3v) is 7.14. The van der Waals surface area contributed by atoms with Gasteiger partial charge in [-0.3, -0.25) is 19.7 Å². The van der Waals surface area contributed by atoms with E-state index in [-0.39, 0.29) is 17.7 Å². The smallest absolute Gasteiger partial charge is 0.271 e. The molecule has 3 aromatic rings. The molecule has 182 valence electrons. The molecule has 0 saturated carbocycles. The highest BCUT2D eigenvalue weighted by molar-refractivity contribution is 5.94. The lowest BCUT2D eigenvalue weighted by atomic mass is 9.95. The second kappa shape index (κ2) is 9.90. The largest absolute Gasteiger partial charge is 0.368 e. The van der Waals surface area contributed by atoms with E-state index in [4.69, 9.17) is 0 Å². The number of benzene rings is 1. The van der Waals surface area contributed by atoms with E-state index in [0.717, 1.165) is 31.5 Å². The molecule has 4 heterocycles. The Labute approximate surface area is 205 Å². The summed E-state index contributed by atoms with van der Waals surface area (Å²) in [7, 11) is 0. The number of anilines is 1. The molecule has 1 atom stereocenters. The fourth-order valence-corrected chi connectivity index (χ4v) is 5.12. The molecule has 0 spiro atoms. The molecule has 5 rings (SSSR count). The predicted molar refractivity (Wildman–Crippen MR) is 135 cm³/mol. The highest BCUT2D eigenvalue weighted by Gasteiger charge is 2.33. The Morgan fingerprint density at radius 1 is 0.943 bits per heavy atom. The zero-order valence-electron chi connectivity index (χ0n) is 20.4. The lowest BCUT2D eigenvalue weighted by Gasteiger charge is -2.40. The van der Waals surface area contributed by atoms with Gasteiger partial charge in [0, 0.05) is 62.9 Å². The van der Waals surface area contributed by atoms with Crippen molar-refractivity contribution in [3.8, 4) is 11.3 Å². The fraction of sp³-hybridized carbons (Fsp3) is 0.407. The van der Waals surface area contributed by atoms with E-state index in [9.17, 15) is 9.59 Å². The number of carbonyl (C=O) groups is 2. The van der Waals surface area contributed by atoms with Gasteiger partial charge in [-0.2, -0.15) is 5.10 Å². The Balaban J connectivity index is 1.19. The summed E-state index contributed by atoms with van der Waals surface area (Å²) in [6.07, 6.45) is 5.06. The van der Waals surface area contributed by atoms with Gasteiger partial charge in [-0.1, -0.05) is 12.1 Å². The first kappa shape index (κ1) is 23.1. The number of amides is 2. The molecule has 35 heavy (non-hydrogen) atoms. The SMILES string of the molecule is Cc1ccc(C)c(N2CCN(C(=O)[C@@H]3CCCN(C(=O)c4cc(-c5ccncc5)n[nH]4)C3)CC2)c1. The van der Waals surface area contributed by atoms with Crippen LogP contribution in [-0.2, 0) is 4.79 Å². The molecule has 2 fully saturated rings. The van der Waals surface area contributed by atoms with Crippen LogP contribution < -0.4 is 4.90 Å². The standard InChI is InChI=1S/C27H32N6O2/c1-19-5-6-20(2)25(16-19)31-12-14-32(15-13-31)26(34)22-4-3-11-33(18-22)27(35)24-17-23(29-30-24)21-7-9-28-10-8-21/h5-10,16-17,22H,3-4,11-15,18H2,1-2H3,(H,29,30)/t22-/m1/s1. The molecule has 2 aliphatic rings. The van der Waals surface area contributed by atoms with Crippen molar-refractivity contribution in [2.24, 2.45) is 5.92 Å². The number of aryl methyl sites for hydroxylation is 2. The molecule has 0 aliphatic carbocycles. The Bertz CT molecular complexity index is 1200. The fourth-order valence-electron chi connectivity index (χ4n) is 5.12. The quantitative estimate of drug-likeness (QED) is 0.630. The van der Waals surface area contributed by atoms with Crippen LogP contribution in [0.25, 0.3) is 11.3 Å². The number of nitrogens with one attached hydrogen (secondary N) is 1. The minimum absolute atomic E-state index is 0.102. The molecule has 0 unspecified atom stereocenters. The van der Waals surface area contributed by atoms with Gasteiger partial charge >= 0.3 is 0 Å². The summed E-state index contributed by atoms with van der Waals surface area (Å²) < 4.78 is 0. The van der Waals surface area contributed by atoms with E-state index < -0.39 is 0 Å². The van der Waals surface area contributed by atoms with Gasteiger partial charge in [0.05, 0.1) is 11.6 Å². The van der Waals surface area contributed by atoms with Crippen LogP contribution >= 0.6 is 0 Å². The van der Waals surface area contributed by atoms with Crippen molar-refractivity contribution in [2.45, 2.75) is 26.7 Å². The number of likely N-dealkylation sites (tertiary alicyclic amines) is 1. The molecular weight excluding hydrogens is 440 g/mol. The normalized spacial score (nSPS) is 18.6. The maximum absolute atomic E-state index is 13.4. The molecule has 2 aromatic heterocycles. The number of aromatic nitrogens is 3. The highest BCUT2D eigenvalue weighted by Crippen LogP contribution is 2.25. The van der Waals surface area contributed by atoms with Crippen molar-refractivity contribution in [3.05, 3.63) is 65.6 Å². The predicted octanol–water partition coefficient (Wildman–Crippen LogP) is 3.29. The van der Waals surface area contributed by atoms with Gasteiger partial charge in [0.15, 0.2) is 0 Å². The number of nitrogens with zero attached hydrogens (tertiary/aromatic N) is 5. The summed E-state index contributed by atoms with van der Waals surface area (Å²) in [4.78, 5) is 36.7. The van der Waals surface area contributed by atoms with Gasteiger partial charge in [-0.25, -0.2) is 0 Å². The number of piperidine rings is 1. The summed E-state index contributed by atoms with van der Waals surface area (Å²) in [5.74, 6) is -0.0807. The maximum atomic E-state index is 13.4. The molecule has 2 aliphatic heterocycles. The first-order chi connectivity index (χ1) is 17.0. The molecular formula is C27H32N6O2. The molecule has 1 aromatic carbocycles. The average molecular weight is 473 g/mol. The summed E-state index contributed by atoms with van der Waals surface area (Å²) in [5.41, 5.74) is 5.84. The zero-order valence-corrected chi connectivity index (χ0v) is 20.4. The first-order valence-electron chi connectivity index (χ1n) is 12.4. The van der Waals surface area contributed by atoms with Crippen molar-refractivity contribution < 1.29 is 9.59 Å². The van der Waals surface area contributed by atoms with Gasteiger partial charge in [-0.15, -0.1) is 0 Å². The van der Waals surface area contributed by atoms with E-state index in [0.29, 0.717) is 37.6 Å². The second-order valence-corrected chi connectivity index (χ2v) is 9.60. The van der Waals surface area contributed by atoms with Gasteiger partial charge in [0.25, 0.3) is 5.91 Å². The molecule has 0 radical (unpaired) electrons. The van der Waals surface area contributed by atoms with Crippen molar-refractivity contribution in [3.63, 3.8) is 0 Å². The number of hydrogen-bond donors (Lipinski definition) is 1. The van der Waals surface area contributed by atoms with E-state index in [2.05, 4.69) is 52.1 Å². The first-order valence-corrected chi connectivity index (χ1v) is 12.4. The number of rotatable bonds is 4. The van der Waals surface area contributed by atoms with Gasteiger partial charge in [0.1, 0.15) is 5.69 Å². The minimum atomic E-state index is -0.150. The van der Waals surface area contributed by atoms with Gasteiger partial charge < -0.3 is 14.7 Å². The summed E-state index contributed by atoms with van der Waals surface area (Å²) in [6.45, 7) is 8.46. The lowest BCUT2D eigenvalue weighted by molar-refractivity contribution is -0.137. The minimum Gasteiger partial charge on any atom is -0.368 e. The van der Waals surface area contributed by atoms with Gasteiger partial charge in [0.2, 0.25) is 5.91 Å². The van der Waals surface area contributed by atoms with E-state index in [1.807, 2.05) is 17.0 Å². The van der Waals surface area contributed by atoms with Crippen LogP contribution in [0.15, 0.2) is 48.8 Å². The van der Waals surface area contributed by atoms with Crippen molar-refractivity contribution >= 4 is 17.5 Å². The third kappa shape index (κ3) is 4.92. The van der Waals surface area contributed by atoms with Crippen LogP contribution in [0, 0.1) is 19.8 Å². The Hall–Kier alpha value is -3.68. The Kier molecular flexibility index (Phi) is 6.53. The van der Waals surface area contributed by atoms with Crippen molar-refractivity contribution in [1.82, 2.24) is 25.0 Å². The molecule has 2 amide bonds. The third-order valence-electron chi connectivity index (χ3n) is 7.14. The van der Waals surface area contributed by atoms with E-state index in [1.54, 1.807) is 23.4 Å². The highest BCUT2D eigenvalue weighted by atomic mass is 16.2. The monoisotopic (exact) mass is 472 g/mol. The summed E-state index contributed by atoms with van der Waals surface area (Å²) in [6, 6.07) is 12.0. The molecule has 1 N–H and O–H groups in total. The zero-order chi connectivity index (χ0) is 24.4. The number of aromatic amines is 1. The number of H-pyrrole nitrogens is 1. The van der Waals surface area contributed by atoms with Crippen molar-refractivity contribution in [1.29, 1.82) is 0 Å². The number of hydrogen-bond acceptors (Lipinski definition) is 5. The number of piperazine rings is 1. The number of pyridine rings is 1. The van der Waals surface area contributed by atoms with Gasteiger partial charge in [-0.05, 0) is 62.1 Å². The van der Waals surface area contributed by atoms with Crippen LogP contribution in [0.5, 0.6) is 0 Å². The topological polar surface area (TPSA) is 85.4 Å². The van der Waals surface area contributed by atoms with E-state index in [1.165, 1.54) is 16.8 Å². The van der Waals surface area contributed by atoms with Crippen LogP contribution in [0.3, 0.4) is 0 Å². The van der Waals surface area contributed by atoms with Crippen LogP contribution in [0.2, 0.25) is 0 Å². The molecule has 8 nitrogen and oxygen atoms in total. The Morgan fingerprint density at radius 3 is 2.49 bits per heavy atom. The maximum Gasteiger partial charge on any atom is 0.271 e. The summed E-state index contributed by atoms with van der Waals surface area (Å²) in [5, 5.41) is 7.17. The second-order valence-electron chi connectivity index (χ2n) is 9.60. The van der Waals surface area contributed by atoms with Crippen LogP contribution in [0.4, 0.5) is 5.69 Å². The van der Waals surface area contributed by atoms with Crippen LogP contribution in [-0.4, -0.2) is 76.1 Å². The van der Waals surface area contributed by atoms with Crippen molar-refractivity contribution in [2.75, 3.05) is 44.2 Å². The lowest BCUT2D eigenvalue weighted by Crippen LogP contribution is -2.53. The average Bonchev–Trinajstić information content (AvgIpc) is 3.40. The Morgan fingerprint density at radius 2 is 1.71 bits per heavy atom. The van der Waals surface area contributed by atoms with E-state index >= 15 is 0 Å².